The van der Waals surface area contributed by atoms with Crippen LogP contribution in [-0.2, 0) is 23.1 Å². The van der Waals surface area contributed by atoms with E-state index in [9.17, 15) is 9.90 Å². The number of carbonyl (C=O) groups excluding carboxylic acids is 1. The molecule has 21 heavy (non-hydrogen) atoms. The Hall–Kier alpha value is -1.44. The molecule has 2 heterocycles. The number of ether oxygens (including phenoxy) is 1. The van der Waals surface area contributed by atoms with Crippen LogP contribution in [0.5, 0.6) is 0 Å². The summed E-state index contributed by atoms with van der Waals surface area (Å²) in [6.45, 7) is 4.35. The molecule has 0 radical (unpaired) electrons. The lowest BCUT2D eigenvalue weighted by atomic mass is 10.1. The van der Waals surface area contributed by atoms with Crippen LogP contribution in [0, 0.1) is 12.8 Å². The van der Waals surface area contributed by atoms with Crippen LogP contribution in [0.25, 0.3) is 0 Å². The number of nitrogens with one attached hydrogen (secondary N) is 1. The quantitative estimate of drug-likeness (QED) is 0.724. The lowest BCUT2D eigenvalue weighted by molar-refractivity contribution is -0.125. The van der Waals surface area contributed by atoms with E-state index in [0.717, 1.165) is 31.0 Å². The Bertz CT molecular complexity index is 489. The van der Waals surface area contributed by atoms with Gasteiger partial charge in [0.2, 0.25) is 5.91 Å². The van der Waals surface area contributed by atoms with Gasteiger partial charge in [0.25, 0.3) is 0 Å². The Morgan fingerprint density at radius 2 is 2.33 bits per heavy atom. The third kappa shape index (κ3) is 4.03. The van der Waals surface area contributed by atoms with Gasteiger partial charge < -0.3 is 15.2 Å². The van der Waals surface area contributed by atoms with Crippen LogP contribution in [0.15, 0.2) is 6.07 Å². The molecule has 2 rings (SSSR count). The number of aromatic nitrogens is 2. The highest BCUT2D eigenvalue weighted by molar-refractivity contribution is 5.77. The number of likely N-dealkylation sites (tertiary alicyclic amines) is 1. The normalized spacial score (nSPS) is 22.7. The van der Waals surface area contributed by atoms with E-state index in [0.29, 0.717) is 0 Å². The zero-order chi connectivity index (χ0) is 15.4. The molecule has 1 aromatic rings. The van der Waals surface area contributed by atoms with Gasteiger partial charge in [-0.25, -0.2) is 0 Å². The van der Waals surface area contributed by atoms with Crippen molar-refractivity contribution in [2.45, 2.75) is 19.5 Å². The largest absolute Gasteiger partial charge is 0.396 e. The number of aryl methyl sites for hydroxylation is 2. The summed E-state index contributed by atoms with van der Waals surface area (Å²) in [4.78, 5) is 13.9. The number of aliphatic hydroxyl groups excluding tert-OH is 1. The molecule has 1 aliphatic rings. The predicted molar refractivity (Wildman–Crippen MR) is 77.6 cm³/mol. The number of hydrogen-bond acceptors (Lipinski definition) is 5. The highest BCUT2D eigenvalue weighted by atomic mass is 16.5. The van der Waals surface area contributed by atoms with Crippen LogP contribution in [0.4, 0.5) is 0 Å². The van der Waals surface area contributed by atoms with Gasteiger partial charge in [-0.15, -0.1) is 0 Å². The molecule has 118 valence electrons. The maximum atomic E-state index is 11.6. The molecule has 2 N–H and O–H groups in total. The zero-order valence-corrected chi connectivity index (χ0v) is 12.9. The van der Waals surface area contributed by atoms with Crippen molar-refractivity contribution in [1.82, 2.24) is 20.0 Å². The van der Waals surface area contributed by atoms with Gasteiger partial charge in [0.05, 0.1) is 11.4 Å². The van der Waals surface area contributed by atoms with Crippen LogP contribution in [0.3, 0.4) is 0 Å². The molecule has 1 aliphatic heterocycles. The monoisotopic (exact) mass is 296 g/mol. The summed E-state index contributed by atoms with van der Waals surface area (Å²) in [6.07, 6.45) is 0. The maximum Gasteiger partial charge on any atom is 0.246 e. The van der Waals surface area contributed by atoms with E-state index < -0.39 is 0 Å². The second-order valence-electron chi connectivity index (χ2n) is 5.64. The highest BCUT2D eigenvalue weighted by Gasteiger charge is 2.33. The SMILES string of the molecule is COCC(=O)N[C@@H]1CN(Cc2cc(C)nn2C)C[C@H]1CO. The van der Waals surface area contributed by atoms with Gasteiger partial charge in [-0.1, -0.05) is 0 Å². The number of methoxy groups -OCH3 is 1. The van der Waals surface area contributed by atoms with Gasteiger partial charge in [-0.05, 0) is 13.0 Å². The van der Waals surface area contributed by atoms with E-state index in [2.05, 4.69) is 21.4 Å². The number of aliphatic hydroxyl groups is 1. The average molecular weight is 296 g/mol. The Kier molecular flexibility index (Phi) is 5.33. The number of hydrogen-bond donors (Lipinski definition) is 2. The van der Waals surface area contributed by atoms with E-state index in [-0.39, 0.29) is 31.1 Å². The molecular formula is C14H24N4O3. The first-order valence-electron chi connectivity index (χ1n) is 7.14. The molecule has 1 aromatic heterocycles. The summed E-state index contributed by atoms with van der Waals surface area (Å²) < 4.78 is 6.70. The van der Waals surface area contributed by atoms with E-state index in [1.165, 1.54) is 7.11 Å². The van der Waals surface area contributed by atoms with Gasteiger partial charge >= 0.3 is 0 Å². The first-order valence-corrected chi connectivity index (χ1v) is 7.14. The molecule has 7 heteroatoms. The zero-order valence-electron chi connectivity index (χ0n) is 12.9. The van der Waals surface area contributed by atoms with Crippen molar-refractivity contribution in [3.05, 3.63) is 17.5 Å². The van der Waals surface area contributed by atoms with Gasteiger partial charge in [-0.2, -0.15) is 5.10 Å². The van der Waals surface area contributed by atoms with Crippen LogP contribution in [-0.4, -0.2) is 65.1 Å². The van der Waals surface area contributed by atoms with E-state index in [1.54, 1.807) is 0 Å². The molecular weight excluding hydrogens is 272 g/mol. The first-order chi connectivity index (χ1) is 10.0. The molecule has 0 spiro atoms. The molecule has 0 bridgehead atoms. The second-order valence-corrected chi connectivity index (χ2v) is 5.64. The standard InChI is InChI=1S/C14H24N4O3/c1-10-4-12(17(2)16-10)6-18-5-11(8-19)13(7-18)15-14(20)9-21-3/h4,11,13,19H,5-9H2,1-3H3,(H,15,20)/t11-,13+/m0/s1. The molecule has 1 saturated heterocycles. The summed E-state index contributed by atoms with van der Waals surface area (Å²) in [5.41, 5.74) is 2.13. The van der Waals surface area contributed by atoms with Crippen molar-refractivity contribution < 1.29 is 14.6 Å². The molecule has 0 aliphatic carbocycles. The number of carbonyl (C=O) groups is 1. The molecule has 1 fully saturated rings. The van der Waals surface area contributed by atoms with E-state index in [1.807, 2.05) is 18.7 Å². The van der Waals surface area contributed by atoms with Gasteiger partial charge in [0, 0.05) is 52.4 Å². The molecule has 2 atom stereocenters. The fourth-order valence-corrected chi connectivity index (χ4v) is 2.86. The van der Waals surface area contributed by atoms with Crippen LogP contribution >= 0.6 is 0 Å². The lowest BCUT2D eigenvalue weighted by Crippen LogP contribution is -2.43. The Labute approximate surface area is 124 Å². The maximum absolute atomic E-state index is 11.6. The minimum Gasteiger partial charge on any atom is -0.396 e. The number of rotatable bonds is 6. The molecule has 0 saturated carbocycles. The highest BCUT2D eigenvalue weighted by Crippen LogP contribution is 2.19. The van der Waals surface area contributed by atoms with Crippen molar-refractivity contribution in [3.63, 3.8) is 0 Å². The lowest BCUT2D eigenvalue weighted by Gasteiger charge is -2.17. The Balaban J connectivity index is 1.95. The Morgan fingerprint density at radius 1 is 1.57 bits per heavy atom. The third-order valence-electron chi connectivity index (χ3n) is 3.86. The Morgan fingerprint density at radius 3 is 2.90 bits per heavy atom. The molecule has 0 aromatic carbocycles. The fourth-order valence-electron chi connectivity index (χ4n) is 2.86. The smallest absolute Gasteiger partial charge is 0.246 e. The number of amides is 1. The van der Waals surface area contributed by atoms with E-state index >= 15 is 0 Å². The van der Waals surface area contributed by atoms with Gasteiger partial charge in [0.1, 0.15) is 6.61 Å². The third-order valence-corrected chi connectivity index (χ3v) is 3.86. The van der Waals surface area contributed by atoms with Crippen molar-refractivity contribution >= 4 is 5.91 Å². The summed E-state index contributed by atoms with van der Waals surface area (Å²) in [5, 5.41) is 16.8. The average Bonchev–Trinajstić information content (AvgIpc) is 2.93. The molecule has 0 unspecified atom stereocenters. The minimum absolute atomic E-state index is 0.0352. The number of nitrogens with zero attached hydrogens (tertiary/aromatic N) is 3. The summed E-state index contributed by atoms with van der Waals surface area (Å²) in [6, 6.07) is 2.03. The van der Waals surface area contributed by atoms with Crippen molar-refractivity contribution in [2.75, 3.05) is 33.4 Å². The second kappa shape index (κ2) is 7.02. The van der Waals surface area contributed by atoms with Gasteiger partial charge in [-0.3, -0.25) is 14.4 Å². The summed E-state index contributed by atoms with van der Waals surface area (Å²) in [7, 11) is 3.43. The fraction of sp³-hybridized carbons (Fsp3) is 0.714. The van der Waals surface area contributed by atoms with Crippen molar-refractivity contribution in [3.8, 4) is 0 Å². The molecule has 1 amide bonds. The van der Waals surface area contributed by atoms with Gasteiger partial charge in [0.15, 0.2) is 0 Å². The first kappa shape index (κ1) is 15.9. The van der Waals surface area contributed by atoms with Crippen molar-refractivity contribution in [2.24, 2.45) is 13.0 Å². The predicted octanol–water partition coefficient (Wildman–Crippen LogP) is -0.716. The van der Waals surface area contributed by atoms with Crippen molar-refractivity contribution in [1.29, 1.82) is 0 Å². The molecule has 7 nitrogen and oxygen atoms in total. The summed E-state index contributed by atoms with van der Waals surface area (Å²) in [5.74, 6) is -0.0840. The van der Waals surface area contributed by atoms with E-state index in [4.69, 9.17) is 4.74 Å². The summed E-state index contributed by atoms with van der Waals surface area (Å²) >= 11 is 0. The van der Waals surface area contributed by atoms with Crippen LogP contribution in [0.2, 0.25) is 0 Å². The van der Waals surface area contributed by atoms with Crippen LogP contribution < -0.4 is 5.32 Å². The topological polar surface area (TPSA) is 79.6 Å². The van der Waals surface area contributed by atoms with Crippen LogP contribution in [0.1, 0.15) is 11.4 Å². The minimum atomic E-state index is -0.140.